The molecule has 0 aliphatic heterocycles. The van der Waals surface area contributed by atoms with Crippen LogP contribution in [0.25, 0.3) is 0 Å². The summed E-state index contributed by atoms with van der Waals surface area (Å²) in [6.07, 6.45) is 0.120. The molecule has 1 unspecified atom stereocenters. The van der Waals surface area contributed by atoms with Crippen molar-refractivity contribution in [1.29, 1.82) is 0 Å². The number of hydrogen-bond acceptors (Lipinski definition) is 3. The Bertz CT molecular complexity index is 112. The Morgan fingerprint density at radius 2 is 1.75 bits per heavy atom. The summed E-state index contributed by atoms with van der Waals surface area (Å²) in [5, 5.41) is 16.2. The fourth-order valence-electron chi connectivity index (χ4n) is 0.263. The van der Waals surface area contributed by atoms with Gasteiger partial charge in [0.15, 0.2) is 0 Å². The number of nitrogens with two attached hydrogens (primary N) is 1. The highest BCUT2D eigenvalue weighted by Crippen LogP contribution is 1.83. The lowest BCUT2D eigenvalue weighted by Crippen LogP contribution is -2.30. The van der Waals surface area contributed by atoms with Crippen LogP contribution in [0.5, 0.6) is 0 Å². The number of carboxylic acids is 1. The molecule has 4 nitrogen and oxygen atoms in total. The monoisotopic (exact) mass is 177 g/mol. The number of rotatable bonds is 3. The van der Waals surface area contributed by atoms with Crippen molar-refractivity contribution < 1.29 is 15.0 Å². The molecule has 0 fully saturated rings. The zero-order chi connectivity index (χ0) is 10.1. The Morgan fingerprint density at radius 1 is 1.42 bits per heavy atom. The normalized spacial score (nSPS) is 11.8. The quantitative estimate of drug-likeness (QED) is 0.584. The van der Waals surface area contributed by atoms with E-state index in [1.807, 2.05) is 0 Å². The Balaban J connectivity index is 0. The summed E-state index contributed by atoms with van der Waals surface area (Å²) in [4.78, 5) is 9.85. The molecule has 74 valence electrons. The molecule has 0 aliphatic rings. The molecule has 1 atom stereocenters. The number of aliphatic hydroxyl groups excluding tert-OH is 1. The summed E-state index contributed by atoms with van der Waals surface area (Å²) >= 11 is 0. The van der Waals surface area contributed by atoms with E-state index in [1.165, 1.54) is 0 Å². The molecule has 12 heavy (non-hydrogen) atoms. The maximum Gasteiger partial charge on any atom is 0.320 e. The Labute approximate surface area is 73.4 Å². The number of hydrogen-bond donors (Lipinski definition) is 3. The molecule has 0 radical (unpaired) electrons. The summed E-state index contributed by atoms with van der Waals surface area (Å²) in [6, 6.07) is -0.917. The van der Waals surface area contributed by atoms with Crippen LogP contribution in [0.4, 0.5) is 0 Å². The average molecular weight is 177 g/mol. The standard InChI is InChI=1S/C4H9NO3.C4H10/c5-3(1-2-6)4(7)8;1-4(2)3/h3,6H,1-2,5H2,(H,7,8);4H,1-3H3. The zero-order valence-corrected chi connectivity index (χ0v) is 7.95. The van der Waals surface area contributed by atoms with E-state index in [-0.39, 0.29) is 13.0 Å². The zero-order valence-electron chi connectivity index (χ0n) is 7.95. The first kappa shape index (κ1) is 13.9. The number of carboxylic acid groups (broad SMARTS) is 1. The van der Waals surface area contributed by atoms with Gasteiger partial charge in [-0.15, -0.1) is 0 Å². The van der Waals surface area contributed by atoms with Crippen molar-refractivity contribution in [3.8, 4) is 0 Å². The van der Waals surface area contributed by atoms with Crippen LogP contribution in [0, 0.1) is 5.92 Å². The number of aliphatic hydroxyl groups is 1. The van der Waals surface area contributed by atoms with Crippen molar-refractivity contribution in [3.05, 3.63) is 0 Å². The second-order valence-electron chi connectivity index (χ2n) is 3.19. The molecule has 4 N–H and O–H groups in total. The van der Waals surface area contributed by atoms with Gasteiger partial charge in [-0.1, -0.05) is 20.8 Å². The lowest BCUT2D eigenvalue weighted by molar-refractivity contribution is -0.138. The van der Waals surface area contributed by atoms with Gasteiger partial charge < -0.3 is 15.9 Å². The van der Waals surface area contributed by atoms with Crippen LogP contribution in [0.1, 0.15) is 27.2 Å². The second kappa shape index (κ2) is 8.49. The van der Waals surface area contributed by atoms with Gasteiger partial charge in [-0.25, -0.2) is 0 Å². The van der Waals surface area contributed by atoms with Crippen molar-refractivity contribution in [2.24, 2.45) is 11.7 Å². The first-order valence-electron chi connectivity index (χ1n) is 4.01. The van der Waals surface area contributed by atoms with Crippen molar-refractivity contribution in [2.45, 2.75) is 33.2 Å². The van der Waals surface area contributed by atoms with Gasteiger partial charge >= 0.3 is 5.97 Å². The third kappa shape index (κ3) is 16.2. The van der Waals surface area contributed by atoms with E-state index in [1.54, 1.807) is 0 Å². The molecule has 0 spiro atoms. The van der Waals surface area contributed by atoms with Crippen LogP contribution in [0.3, 0.4) is 0 Å². The molecular weight excluding hydrogens is 158 g/mol. The van der Waals surface area contributed by atoms with Crippen LogP contribution in [0.2, 0.25) is 0 Å². The van der Waals surface area contributed by atoms with Gasteiger partial charge in [-0.2, -0.15) is 0 Å². The predicted molar refractivity (Wildman–Crippen MR) is 47.8 cm³/mol. The molecule has 0 bridgehead atoms. The van der Waals surface area contributed by atoms with Gasteiger partial charge in [0, 0.05) is 6.61 Å². The SMILES string of the molecule is CC(C)C.NC(CCO)C(=O)O. The van der Waals surface area contributed by atoms with Crippen LogP contribution in [0.15, 0.2) is 0 Å². The van der Waals surface area contributed by atoms with Crippen LogP contribution < -0.4 is 5.73 Å². The van der Waals surface area contributed by atoms with E-state index < -0.39 is 12.0 Å². The van der Waals surface area contributed by atoms with E-state index in [9.17, 15) is 4.79 Å². The Kier molecular flexibility index (Phi) is 9.86. The third-order valence-corrected chi connectivity index (χ3v) is 0.757. The van der Waals surface area contributed by atoms with Crippen molar-refractivity contribution in [2.75, 3.05) is 6.61 Å². The van der Waals surface area contributed by atoms with E-state index in [4.69, 9.17) is 15.9 Å². The summed E-state index contributed by atoms with van der Waals surface area (Å²) in [5.41, 5.74) is 4.97. The smallest absolute Gasteiger partial charge is 0.320 e. The van der Waals surface area contributed by atoms with E-state index >= 15 is 0 Å². The molecule has 0 aromatic heterocycles. The fraction of sp³-hybridized carbons (Fsp3) is 0.875. The first-order chi connectivity index (χ1) is 5.41. The predicted octanol–water partition coefficient (Wildman–Crippen LogP) is 0.443. The molecule has 0 saturated carbocycles. The minimum atomic E-state index is -1.07. The van der Waals surface area contributed by atoms with Gasteiger partial charge in [0.2, 0.25) is 0 Å². The van der Waals surface area contributed by atoms with E-state index in [0.717, 1.165) is 5.92 Å². The van der Waals surface area contributed by atoms with Gasteiger partial charge in [0.05, 0.1) is 0 Å². The lowest BCUT2D eigenvalue weighted by atomic mass is 10.2. The largest absolute Gasteiger partial charge is 0.480 e. The maximum absolute atomic E-state index is 9.85. The minimum Gasteiger partial charge on any atom is -0.480 e. The van der Waals surface area contributed by atoms with Crippen LogP contribution in [-0.4, -0.2) is 28.8 Å². The Hall–Kier alpha value is -0.610. The van der Waals surface area contributed by atoms with Crippen molar-refractivity contribution in [3.63, 3.8) is 0 Å². The summed E-state index contributed by atoms with van der Waals surface area (Å²) < 4.78 is 0. The average Bonchev–Trinajstić information content (AvgIpc) is 1.86. The second-order valence-corrected chi connectivity index (χ2v) is 3.19. The van der Waals surface area contributed by atoms with Crippen LogP contribution >= 0.6 is 0 Å². The molecule has 0 heterocycles. The topological polar surface area (TPSA) is 83.5 Å². The van der Waals surface area contributed by atoms with Gasteiger partial charge in [-0.05, 0) is 12.3 Å². The Morgan fingerprint density at radius 3 is 1.83 bits per heavy atom. The number of carbonyl (C=O) groups is 1. The van der Waals surface area contributed by atoms with E-state index in [2.05, 4.69) is 20.8 Å². The van der Waals surface area contributed by atoms with Gasteiger partial charge in [-0.3, -0.25) is 4.79 Å². The fourth-order valence-corrected chi connectivity index (χ4v) is 0.263. The molecule has 0 aliphatic carbocycles. The maximum atomic E-state index is 9.85. The molecule has 0 amide bonds. The van der Waals surface area contributed by atoms with Crippen LogP contribution in [-0.2, 0) is 4.79 Å². The molecule has 4 heteroatoms. The molecule has 0 aromatic rings. The highest BCUT2D eigenvalue weighted by Gasteiger charge is 2.08. The number of aliphatic carboxylic acids is 1. The lowest BCUT2D eigenvalue weighted by Gasteiger charge is -2.00. The van der Waals surface area contributed by atoms with Crippen molar-refractivity contribution >= 4 is 5.97 Å². The molecule has 0 saturated heterocycles. The highest BCUT2D eigenvalue weighted by molar-refractivity contribution is 5.72. The summed E-state index contributed by atoms with van der Waals surface area (Å²) in [6.45, 7) is 6.33. The van der Waals surface area contributed by atoms with Gasteiger partial charge in [0.25, 0.3) is 0 Å². The first-order valence-corrected chi connectivity index (χ1v) is 4.01. The molecule has 0 aromatic carbocycles. The van der Waals surface area contributed by atoms with Crippen molar-refractivity contribution in [1.82, 2.24) is 0 Å². The highest BCUT2D eigenvalue weighted by atomic mass is 16.4. The summed E-state index contributed by atoms with van der Waals surface area (Å²) in [5.74, 6) is -0.237. The van der Waals surface area contributed by atoms with E-state index in [0.29, 0.717) is 0 Å². The molecule has 0 rings (SSSR count). The molecular formula is C8H19NO3. The minimum absolute atomic E-state index is 0.120. The summed E-state index contributed by atoms with van der Waals surface area (Å²) in [7, 11) is 0. The van der Waals surface area contributed by atoms with Gasteiger partial charge in [0.1, 0.15) is 6.04 Å². The third-order valence-electron chi connectivity index (χ3n) is 0.757.